The Labute approximate surface area is 115 Å². The molecule has 0 bridgehead atoms. The van der Waals surface area contributed by atoms with Gasteiger partial charge in [0.15, 0.2) is 0 Å². The molecule has 0 aliphatic carbocycles. The molecule has 94 valence electrons. The minimum absolute atomic E-state index is 0.595. The summed E-state index contributed by atoms with van der Waals surface area (Å²) >= 11 is 9.38. The minimum Gasteiger partial charge on any atom is -0.381 e. The van der Waals surface area contributed by atoms with E-state index < -0.39 is 0 Å². The van der Waals surface area contributed by atoms with Gasteiger partial charge < -0.3 is 9.64 Å². The normalized spacial score (nSPS) is 20.3. The van der Waals surface area contributed by atoms with Crippen LogP contribution in [0.2, 0.25) is 5.02 Å². The predicted octanol–water partition coefficient (Wildman–Crippen LogP) is 3.36. The van der Waals surface area contributed by atoms with Gasteiger partial charge in [0.1, 0.15) is 5.82 Å². The number of ether oxygens (including phenoxy) is 1. The summed E-state index contributed by atoms with van der Waals surface area (Å²) < 4.78 is 6.42. The Bertz CT molecular complexity index is 383. The van der Waals surface area contributed by atoms with Gasteiger partial charge in [0.25, 0.3) is 0 Å². The third kappa shape index (κ3) is 3.57. The van der Waals surface area contributed by atoms with Gasteiger partial charge in [0, 0.05) is 26.4 Å². The summed E-state index contributed by atoms with van der Waals surface area (Å²) in [6.07, 6.45) is 4.07. The maximum Gasteiger partial charge on any atom is 0.142 e. The fourth-order valence-electron chi connectivity index (χ4n) is 2.11. The molecule has 0 saturated carbocycles. The summed E-state index contributed by atoms with van der Waals surface area (Å²) in [7, 11) is 2.05. The molecule has 2 rings (SSSR count). The van der Waals surface area contributed by atoms with Crippen molar-refractivity contribution in [3.05, 3.63) is 21.8 Å². The molecule has 1 aromatic heterocycles. The van der Waals surface area contributed by atoms with Crippen LogP contribution in [0.4, 0.5) is 5.82 Å². The molecule has 1 aliphatic rings. The second-order valence-corrected chi connectivity index (χ2v) is 5.71. The van der Waals surface area contributed by atoms with Gasteiger partial charge in [0.05, 0.1) is 16.1 Å². The van der Waals surface area contributed by atoms with Crippen molar-refractivity contribution in [2.45, 2.75) is 12.8 Å². The van der Waals surface area contributed by atoms with Gasteiger partial charge in [-0.3, -0.25) is 0 Å². The molecule has 1 aliphatic heterocycles. The summed E-state index contributed by atoms with van der Waals surface area (Å²) in [5.74, 6) is 1.53. The van der Waals surface area contributed by atoms with Gasteiger partial charge in [0.2, 0.25) is 0 Å². The van der Waals surface area contributed by atoms with E-state index in [9.17, 15) is 0 Å². The number of hydrogen-bond acceptors (Lipinski definition) is 3. The lowest BCUT2D eigenvalue weighted by molar-refractivity contribution is 0.0576. The maximum atomic E-state index is 5.88. The first-order valence-electron chi connectivity index (χ1n) is 5.76. The molecule has 0 N–H and O–H groups in total. The summed E-state index contributed by atoms with van der Waals surface area (Å²) in [4.78, 5) is 6.50. The van der Waals surface area contributed by atoms with E-state index in [0.29, 0.717) is 10.9 Å². The van der Waals surface area contributed by atoms with Gasteiger partial charge in [-0.2, -0.15) is 0 Å². The molecule has 0 aromatic carbocycles. The number of hydrogen-bond donors (Lipinski definition) is 0. The topological polar surface area (TPSA) is 25.4 Å². The van der Waals surface area contributed by atoms with Crippen molar-refractivity contribution in [2.75, 3.05) is 31.7 Å². The van der Waals surface area contributed by atoms with Crippen molar-refractivity contribution in [1.82, 2.24) is 4.98 Å². The highest BCUT2D eigenvalue weighted by Gasteiger charge is 2.17. The zero-order chi connectivity index (χ0) is 12.3. The Morgan fingerprint density at radius 1 is 1.65 bits per heavy atom. The number of pyridine rings is 1. The lowest BCUT2D eigenvalue weighted by Crippen LogP contribution is -2.31. The Morgan fingerprint density at radius 2 is 2.47 bits per heavy atom. The smallest absolute Gasteiger partial charge is 0.142 e. The predicted molar refractivity (Wildman–Crippen MR) is 73.8 cm³/mol. The highest BCUT2D eigenvalue weighted by Crippen LogP contribution is 2.27. The molecule has 0 radical (unpaired) electrons. The van der Waals surface area contributed by atoms with E-state index in [2.05, 4.69) is 32.9 Å². The number of anilines is 1. The average molecular weight is 320 g/mol. The van der Waals surface area contributed by atoms with Crippen LogP contribution in [0.5, 0.6) is 0 Å². The van der Waals surface area contributed by atoms with E-state index in [1.807, 2.05) is 6.07 Å². The molecule has 1 fully saturated rings. The van der Waals surface area contributed by atoms with Crippen LogP contribution in [0, 0.1) is 5.92 Å². The lowest BCUT2D eigenvalue weighted by Gasteiger charge is -2.28. The van der Waals surface area contributed by atoms with Crippen LogP contribution in [0.3, 0.4) is 0 Å². The molecule has 2 heterocycles. The molecule has 5 heteroatoms. The van der Waals surface area contributed by atoms with E-state index in [-0.39, 0.29) is 0 Å². The van der Waals surface area contributed by atoms with Crippen molar-refractivity contribution in [3.8, 4) is 0 Å². The first-order chi connectivity index (χ1) is 8.16. The number of nitrogens with zero attached hydrogens (tertiary/aromatic N) is 2. The molecule has 3 nitrogen and oxygen atoms in total. The zero-order valence-corrected chi connectivity index (χ0v) is 12.2. The average Bonchev–Trinajstić information content (AvgIpc) is 2.30. The maximum absolute atomic E-state index is 5.88. The van der Waals surface area contributed by atoms with E-state index in [0.717, 1.165) is 36.5 Å². The molecular formula is C12H16BrClN2O. The van der Waals surface area contributed by atoms with Crippen molar-refractivity contribution >= 4 is 33.3 Å². The van der Waals surface area contributed by atoms with Crippen LogP contribution < -0.4 is 4.90 Å². The number of halogens is 2. The number of aromatic nitrogens is 1. The molecule has 17 heavy (non-hydrogen) atoms. The highest BCUT2D eigenvalue weighted by molar-refractivity contribution is 9.10. The second kappa shape index (κ2) is 6.03. The molecule has 1 unspecified atom stereocenters. The fraction of sp³-hybridized carbons (Fsp3) is 0.583. The van der Waals surface area contributed by atoms with Gasteiger partial charge in [-0.15, -0.1) is 0 Å². The Morgan fingerprint density at radius 3 is 3.12 bits per heavy atom. The van der Waals surface area contributed by atoms with Crippen LogP contribution in [-0.4, -0.2) is 31.8 Å². The Balaban J connectivity index is 2.00. The van der Waals surface area contributed by atoms with Gasteiger partial charge in [-0.1, -0.05) is 11.6 Å². The first kappa shape index (κ1) is 13.1. The Kier molecular flexibility index (Phi) is 4.65. The van der Waals surface area contributed by atoms with Gasteiger partial charge in [-0.05, 0) is 40.8 Å². The van der Waals surface area contributed by atoms with E-state index in [1.54, 1.807) is 6.20 Å². The summed E-state index contributed by atoms with van der Waals surface area (Å²) in [5.41, 5.74) is 0. The van der Waals surface area contributed by atoms with Crippen molar-refractivity contribution in [3.63, 3.8) is 0 Å². The fourth-order valence-corrected chi connectivity index (χ4v) is 3.05. The van der Waals surface area contributed by atoms with Crippen LogP contribution in [-0.2, 0) is 4.74 Å². The van der Waals surface area contributed by atoms with Crippen molar-refractivity contribution < 1.29 is 4.74 Å². The molecule has 1 atom stereocenters. The summed E-state index contributed by atoms with van der Waals surface area (Å²) in [5, 5.41) is 0.648. The van der Waals surface area contributed by atoms with Crippen LogP contribution in [0.25, 0.3) is 0 Å². The standard InChI is InChI=1S/C12H16BrClN2O/c1-16(7-9-3-2-4-17-8-9)12-11(13)5-10(14)6-15-12/h5-6,9H,2-4,7-8H2,1H3. The second-order valence-electron chi connectivity index (χ2n) is 4.42. The van der Waals surface area contributed by atoms with Crippen molar-refractivity contribution in [2.24, 2.45) is 5.92 Å². The van der Waals surface area contributed by atoms with E-state index >= 15 is 0 Å². The molecule has 1 aromatic rings. The van der Waals surface area contributed by atoms with E-state index in [4.69, 9.17) is 16.3 Å². The van der Waals surface area contributed by atoms with Crippen molar-refractivity contribution in [1.29, 1.82) is 0 Å². The molecular weight excluding hydrogens is 304 g/mol. The summed E-state index contributed by atoms with van der Waals surface area (Å²) in [6, 6.07) is 1.87. The third-order valence-electron chi connectivity index (χ3n) is 2.94. The SMILES string of the molecule is CN(CC1CCCOC1)c1ncc(Cl)cc1Br. The lowest BCUT2D eigenvalue weighted by atomic mass is 10.0. The van der Waals surface area contributed by atoms with Gasteiger partial charge in [-0.25, -0.2) is 4.98 Å². The highest BCUT2D eigenvalue weighted by atomic mass is 79.9. The zero-order valence-electron chi connectivity index (χ0n) is 9.83. The first-order valence-corrected chi connectivity index (χ1v) is 6.94. The van der Waals surface area contributed by atoms with Gasteiger partial charge >= 0.3 is 0 Å². The van der Waals surface area contributed by atoms with Crippen LogP contribution in [0.1, 0.15) is 12.8 Å². The summed E-state index contributed by atoms with van der Waals surface area (Å²) in [6.45, 7) is 2.73. The van der Waals surface area contributed by atoms with Crippen LogP contribution >= 0.6 is 27.5 Å². The number of rotatable bonds is 3. The minimum atomic E-state index is 0.595. The largest absolute Gasteiger partial charge is 0.381 e. The quantitative estimate of drug-likeness (QED) is 0.854. The Hall–Kier alpha value is -0.320. The third-order valence-corrected chi connectivity index (χ3v) is 3.73. The molecule has 1 saturated heterocycles. The monoisotopic (exact) mass is 318 g/mol. The molecule has 0 amide bonds. The molecule has 0 spiro atoms. The van der Waals surface area contributed by atoms with E-state index in [1.165, 1.54) is 6.42 Å². The van der Waals surface area contributed by atoms with Crippen LogP contribution in [0.15, 0.2) is 16.7 Å².